The molecular weight excluding hydrogens is 382 g/mol. The van der Waals surface area contributed by atoms with E-state index in [9.17, 15) is 4.79 Å². The summed E-state index contributed by atoms with van der Waals surface area (Å²) in [7, 11) is 1.84. The van der Waals surface area contributed by atoms with Gasteiger partial charge in [0.1, 0.15) is 16.6 Å². The van der Waals surface area contributed by atoms with E-state index < -0.39 is 5.25 Å². The molecule has 4 rings (SSSR count). The number of benzene rings is 2. The number of rotatable bonds is 5. The number of carbonyl (C=O) groups excluding carboxylic acids is 1. The molecule has 2 aromatic carbocycles. The van der Waals surface area contributed by atoms with Crippen molar-refractivity contribution in [1.82, 2.24) is 19.7 Å². The molecule has 146 valence electrons. The summed E-state index contributed by atoms with van der Waals surface area (Å²) >= 11 is 1.41. The van der Waals surface area contributed by atoms with Gasteiger partial charge in [0.2, 0.25) is 5.91 Å². The number of carbonyl (C=O) groups is 1. The van der Waals surface area contributed by atoms with E-state index >= 15 is 0 Å². The second-order valence-electron chi connectivity index (χ2n) is 6.90. The molecule has 0 bridgehead atoms. The van der Waals surface area contributed by atoms with Crippen LogP contribution < -0.4 is 5.32 Å². The summed E-state index contributed by atoms with van der Waals surface area (Å²) in [5.41, 5.74) is 4.60. The monoisotopic (exact) mass is 403 g/mol. The third kappa shape index (κ3) is 4.00. The van der Waals surface area contributed by atoms with Crippen LogP contribution in [0, 0.1) is 13.8 Å². The number of fused-ring (bicyclic) bond motifs is 1. The Morgan fingerprint density at radius 1 is 1.10 bits per heavy atom. The van der Waals surface area contributed by atoms with Crippen molar-refractivity contribution in [3.63, 3.8) is 0 Å². The number of aryl methyl sites for hydroxylation is 3. The predicted octanol–water partition coefficient (Wildman–Crippen LogP) is 4.45. The molecule has 0 aliphatic rings. The number of hydrogen-bond donors (Lipinski definition) is 1. The Morgan fingerprint density at radius 2 is 1.90 bits per heavy atom. The number of nitrogens with zero attached hydrogens (tertiary/aromatic N) is 4. The molecule has 1 unspecified atom stereocenters. The zero-order valence-corrected chi connectivity index (χ0v) is 17.3. The van der Waals surface area contributed by atoms with Gasteiger partial charge in [-0.25, -0.2) is 9.97 Å². The van der Waals surface area contributed by atoms with Gasteiger partial charge in [-0.05, 0) is 36.6 Å². The molecule has 0 saturated carbocycles. The van der Waals surface area contributed by atoms with Gasteiger partial charge in [0.15, 0.2) is 5.65 Å². The fraction of sp³-hybridized carbons (Fsp3) is 0.182. The van der Waals surface area contributed by atoms with Gasteiger partial charge in [0.25, 0.3) is 0 Å². The van der Waals surface area contributed by atoms with Crippen molar-refractivity contribution in [2.75, 3.05) is 5.32 Å². The van der Waals surface area contributed by atoms with Gasteiger partial charge in [-0.15, -0.1) is 0 Å². The number of aromatic nitrogens is 4. The summed E-state index contributed by atoms with van der Waals surface area (Å²) in [4.78, 5) is 22.0. The van der Waals surface area contributed by atoms with Gasteiger partial charge in [0.05, 0.1) is 11.6 Å². The van der Waals surface area contributed by atoms with Crippen molar-refractivity contribution in [2.45, 2.75) is 24.1 Å². The van der Waals surface area contributed by atoms with Crippen LogP contribution in [0.4, 0.5) is 5.69 Å². The van der Waals surface area contributed by atoms with Gasteiger partial charge in [-0.2, -0.15) is 5.10 Å². The lowest BCUT2D eigenvalue weighted by molar-refractivity contribution is -0.115. The molecule has 4 aromatic rings. The lowest BCUT2D eigenvalue weighted by Gasteiger charge is -2.18. The molecule has 0 aliphatic heterocycles. The van der Waals surface area contributed by atoms with Gasteiger partial charge >= 0.3 is 0 Å². The Morgan fingerprint density at radius 3 is 2.69 bits per heavy atom. The highest BCUT2D eigenvalue weighted by Crippen LogP contribution is 2.38. The molecule has 1 amide bonds. The van der Waals surface area contributed by atoms with E-state index in [0.29, 0.717) is 0 Å². The van der Waals surface area contributed by atoms with Gasteiger partial charge in [0, 0.05) is 12.7 Å². The van der Waals surface area contributed by atoms with Crippen LogP contribution in [0.15, 0.2) is 66.1 Å². The maximum absolute atomic E-state index is 13.3. The summed E-state index contributed by atoms with van der Waals surface area (Å²) in [5.74, 6) is -0.0921. The van der Waals surface area contributed by atoms with E-state index in [-0.39, 0.29) is 5.91 Å². The number of nitrogens with one attached hydrogen (secondary N) is 1. The highest BCUT2D eigenvalue weighted by atomic mass is 32.2. The lowest BCUT2D eigenvalue weighted by atomic mass is 10.1. The third-order valence-electron chi connectivity index (χ3n) is 4.71. The first-order valence-corrected chi connectivity index (χ1v) is 10.1. The number of thioether (sulfide) groups is 1. The zero-order valence-electron chi connectivity index (χ0n) is 16.5. The Bertz CT molecular complexity index is 1170. The van der Waals surface area contributed by atoms with Crippen molar-refractivity contribution >= 4 is 34.4 Å². The summed E-state index contributed by atoms with van der Waals surface area (Å²) in [5, 5.41) is 8.47. The van der Waals surface area contributed by atoms with E-state index in [4.69, 9.17) is 0 Å². The third-order valence-corrected chi connectivity index (χ3v) is 5.98. The van der Waals surface area contributed by atoms with Crippen molar-refractivity contribution in [2.24, 2.45) is 7.05 Å². The first kappa shape index (κ1) is 19.1. The highest BCUT2D eigenvalue weighted by Gasteiger charge is 2.25. The fourth-order valence-corrected chi connectivity index (χ4v) is 4.18. The van der Waals surface area contributed by atoms with E-state index in [1.807, 2.05) is 69.4 Å². The van der Waals surface area contributed by atoms with Gasteiger partial charge in [-0.1, -0.05) is 54.2 Å². The SMILES string of the molecule is Cc1ccc(C)c(NC(=O)C(Sc2ncnc3c2cnn3C)c2ccccc2)c1. The number of anilines is 1. The number of amides is 1. The predicted molar refractivity (Wildman–Crippen MR) is 116 cm³/mol. The van der Waals surface area contributed by atoms with Crippen LogP contribution in [0.1, 0.15) is 21.9 Å². The Kier molecular flexibility index (Phi) is 5.31. The van der Waals surface area contributed by atoms with Gasteiger partial charge < -0.3 is 5.32 Å². The summed E-state index contributed by atoms with van der Waals surface area (Å²) in [6, 6.07) is 15.8. The van der Waals surface area contributed by atoms with Crippen LogP contribution in [0.25, 0.3) is 11.0 Å². The molecule has 0 spiro atoms. The lowest BCUT2D eigenvalue weighted by Crippen LogP contribution is -2.19. The normalized spacial score (nSPS) is 12.1. The molecule has 0 aliphatic carbocycles. The minimum absolute atomic E-state index is 0.0921. The van der Waals surface area contributed by atoms with E-state index in [2.05, 4.69) is 20.4 Å². The smallest absolute Gasteiger partial charge is 0.242 e. The van der Waals surface area contributed by atoms with Crippen LogP contribution in [0.5, 0.6) is 0 Å². The topological polar surface area (TPSA) is 72.7 Å². The molecule has 29 heavy (non-hydrogen) atoms. The molecule has 1 N–H and O–H groups in total. The fourth-order valence-electron chi connectivity index (χ4n) is 3.12. The van der Waals surface area contributed by atoms with Crippen LogP contribution in [-0.2, 0) is 11.8 Å². The largest absolute Gasteiger partial charge is 0.325 e. The van der Waals surface area contributed by atoms with Crippen LogP contribution in [0.3, 0.4) is 0 Å². The summed E-state index contributed by atoms with van der Waals surface area (Å²) < 4.78 is 1.70. The quantitative estimate of drug-likeness (QED) is 0.394. The minimum Gasteiger partial charge on any atom is -0.325 e. The molecule has 1 atom stereocenters. The standard InChI is InChI=1S/C22H21N5OS/c1-14-9-10-15(2)18(11-14)26-21(28)19(16-7-5-4-6-8-16)29-22-17-12-25-27(3)20(17)23-13-24-22/h4-13,19H,1-3H3,(H,26,28). The second-order valence-corrected chi connectivity index (χ2v) is 7.99. The van der Waals surface area contributed by atoms with Gasteiger partial charge in [-0.3, -0.25) is 9.48 Å². The van der Waals surface area contributed by atoms with Crippen molar-refractivity contribution in [1.29, 1.82) is 0 Å². The molecule has 7 heteroatoms. The Balaban J connectivity index is 1.70. The average molecular weight is 404 g/mol. The van der Waals surface area contributed by atoms with E-state index in [1.165, 1.54) is 18.1 Å². The Hall–Kier alpha value is -3.19. The van der Waals surface area contributed by atoms with E-state index in [0.717, 1.165) is 38.4 Å². The van der Waals surface area contributed by atoms with E-state index in [1.54, 1.807) is 10.9 Å². The van der Waals surface area contributed by atoms with Crippen LogP contribution >= 0.6 is 11.8 Å². The molecular formula is C22H21N5OS. The molecule has 0 radical (unpaired) electrons. The molecule has 0 fully saturated rings. The molecule has 0 saturated heterocycles. The zero-order chi connectivity index (χ0) is 20.4. The molecule has 6 nitrogen and oxygen atoms in total. The minimum atomic E-state index is -0.464. The first-order chi connectivity index (χ1) is 14.0. The second kappa shape index (κ2) is 8.05. The van der Waals surface area contributed by atoms with Crippen LogP contribution in [-0.4, -0.2) is 25.7 Å². The average Bonchev–Trinajstić information content (AvgIpc) is 3.11. The van der Waals surface area contributed by atoms with Crippen molar-refractivity contribution in [3.8, 4) is 0 Å². The maximum atomic E-state index is 13.3. The number of hydrogen-bond acceptors (Lipinski definition) is 5. The highest BCUT2D eigenvalue weighted by molar-refractivity contribution is 8.00. The molecule has 2 heterocycles. The van der Waals surface area contributed by atoms with Crippen LogP contribution in [0.2, 0.25) is 0 Å². The maximum Gasteiger partial charge on any atom is 0.242 e. The summed E-state index contributed by atoms with van der Waals surface area (Å²) in [6.07, 6.45) is 3.25. The van der Waals surface area contributed by atoms with Crippen molar-refractivity contribution < 1.29 is 4.79 Å². The molecule has 2 aromatic heterocycles. The van der Waals surface area contributed by atoms with Crippen molar-refractivity contribution in [3.05, 3.63) is 77.7 Å². The first-order valence-electron chi connectivity index (χ1n) is 9.25. The summed E-state index contributed by atoms with van der Waals surface area (Å²) in [6.45, 7) is 4.00. The Labute approximate surface area is 173 Å².